The van der Waals surface area contributed by atoms with Crippen molar-refractivity contribution < 1.29 is 4.74 Å². The molecule has 162 valence electrons. The van der Waals surface area contributed by atoms with Crippen molar-refractivity contribution in [3.05, 3.63) is 81.8 Å². The molecule has 0 saturated carbocycles. The van der Waals surface area contributed by atoms with Gasteiger partial charge in [-0.2, -0.15) is 0 Å². The Kier molecular flexibility index (Phi) is 5.18. The van der Waals surface area contributed by atoms with Gasteiger partial charge in [-0.3, -0.25) is 9.69 Å². The highest BCUT2D eigenvalue weighted by molar-refractivity contribution is 5.30. The van der Waals surface area contributed by atoms with Crippen molar-refractivity contribution in [2.75, 3.05) is 20.2 Å². The molecular weight excluding hydrogens is 388 g/mol. The number of piperidine rings is 1. The number of pyridine rings is 1. The molecule has 0 unspecified atom stereocenters. The van der Waals surface area contributed by atoms with Gasteiger partial charge in [0, 0.05) is 56.6 Å². The van der Waals surface area contributed by atoms with Gasteiger partial charge in [0.05, 0.1) is 12.8 Å². The molecule has 4 heterocycles. The molecule has 0 aliphatic carbocycles. The smallest absolute Gasteiger partial charge is 0.251 e. The van der Waals surface area contributed by atoms with E-state index in [4.69, 9.17) is 9.72 Å². The van der Waals surface area contributed by atoms with Crippen LogP contribution in [0.15, 0.2) is 53.5 Å². The number of fused-ring (bicyclic) bond motifs is 4. The number of aromatic nitrogens is 3. The molecule has 3 aromatic rings. The van der Waals surface area contributed by atoms with Crippen LogP contribution in [0.2, 0.25) is 0 Å². The molecule has 2 aliphatic heterocycles. The highest BCUT2D eigenvalue weighted by Gasteiger charge is 2.40. The molecule has 2 bridgehead atoms. The zero-order valence-corrected chi connectivity index (χ0v) is 18.5. The first-order valence-corrected chi connectivity index (χ1v) is 11.1. The summed E-state index contributed by atoms with van der Waals surface area (Å²) in [5, 5.41) is 0. The molecule has 2 aromatic heterocycles. The fourth-order valence-electron chi connectivity index (χ4n) is 5.51. The SMILES string of the molecule is COc1cccc(C[C@H]2[C@H]3C[C@H](CN(Cc4cn(C)c(C)n4)C3)c3cccc(=O)n32)c1. The van der Waals surface area contributed by atoms with E-state index < -0.39 is 0 Å². The normalized spacial score (nSPS) is 22.9. The lowest BCUT2D eigenvalue weighted by atomic mass is 9.76. The van der Waals surface area contributed by atoms with Gasteiger partial charge < -0.3 is 13.9 Å². The Labute approximate surface area is 183 Å². The molecule has 31 heavy (non-hydrogen) atoms. The third kappa shape index (κ3) is 3.81. The zero-order valence-electron chi connectivity index (χ0n) is 18.5. The minimum Gasteiger partial charge on any atom is -0.497 e. The number of hydrogen-bond acceptors (Lipinski definition) is 4. The summed E-state index contributed by atoms with van der Waals surface area (Å²) in [4.78, 5) is 20.2. The first-order valence-electron chi connectivity index (χ1n) is 11.1. The molecule has 1 saturated heterocycles. The lowest BCUT2D eigenvalue weighted by Crippen LogP contribution is -2.49. The number of ether oxygens (including phenoxy) is 1. The van der Waals surface area contributed by atoms with Gasteiger partial charge in [0.25, 0.3) is 5.56 Å². The Morgan fingerprint density at radius 3 is 2.77 bits per heavy atom. The van der Waals surface area contributed by atoms with Crippen LogP contribution in [0, 0.1) is 12.8 Å². The molecule has 0 N–H and O–H groups in total. The van der Waals surface area contributed by atoms with E-state index in [0.717, 1.165) is 49.7 Å². The molecule has 3 atom stereocenters. The van der Waals surface area contributed by atoms with Crippen LogP contribution in [0.25, 0.3) is 0 Å². The second-order valence-electron chi connectivity index (χ2n) is 9.06. The Morgan fingerprint density at radius 2 is 2.00 bits per heavy atom. The quantitative estimate of drug-likeness (QED) is 0.638. The lowest BCUT2D eigenvalue weighted by molar-refractivity contribution is 0.0845. The van der Waals surface area contributed by atoms with Gasteiger partial charge in [0.2, 0.25) is 0 Å². The van der Waals surface area contributed by atoms with Crippen molar-refractivity contribution in [2.45, 2.75) is 38.3 Å². The summed E-state index contributed by atoms with van der Waals surface area (Å²) in [6, 6.07) is 14.2. The summed E-state index contributed by atoms with van der Waals surface area (Å²) >= 11 is 0. The van der Waals surface area contributed by atoms with Crippen molar-refractivity contribution in [1.29, 1.82) is 0 Å². The standard InChI is InChI=1S/C25H30N4O2/c1-17-26-21(15-27(17)2)16-28-13-19-12-20(14-28)24(29-23(19)8-5-9-25(29)30)11-18-6-4-7-22(10-18)31-3/h4-10,15,19-20,24H,11-14,16H2,1-3H3/t19-,20+,24+/m1/s1. The maximum Gasteiger partial charge on any atom is 0.251 e. The molecule has 6 nitrogen and oxygen atoms in total. The van der Waals surface area contributed by atoms with Gasteiger partial charge in [0.1, 0.15) is 11.6 Å². The van der Waals surface area contributed by atoms with E-state index in [0.29, 0.717) is 11.8 Å². The van der Waals surface area contributed by atoms with E-state index in [9.17, 15) is 4.79 Å². The average Bonchev–Trinajstić information content (AvgIpc) is 3.08. The van der Waals surface area contributed by atoms with Gasteiger partial charge >= 0.3 is 0 Å². The monoisotopic (exact) mass is 418 g/mol. The number of likely N-dealkylation sites (tertiary alicyclic amines) is 1. The summed E-state index contributed by atoms with van der Waals surface area (Å²) in [7, 11) is 3.74. The molecule has 0 spiro atoms. The van der Waals surface area contributed by atoms with Crippen LogP contribution >= 0.6 is 0 Å². The highest BCUT2D eigenvalue weighted by atomic mass is 16.5. The van der Waals surface area contributed by atoms with Crippen molar-refractivity contribution in [1.82, 2.24) is 19.0 Å². The fraction of sp³-hybridized carbons (Fsp3) is 0.440. The van der Waals surface area contributed by atoms with Gasteiger partial charge in [0.15, 0.2) is 0 Å². The second kappa shape index (κ2) is 8.00. The van der Waals surface area contributed by atoms with Gasteiger partial charge in [-0.05, 0) is 49.4 Å². The lowest BCUT2D eigenvalue weighted by Gasteiger charge is -2.47. The molecular formula is C25H30N4O2. The summed E-state index contributed by atoms with van der Waals surface area (Å²) in [6.45, 7) is 4.86. The number of methoxy groups -OCH3 is 1. The summed E-state index contributed by atoms with van der Waals surface area (Å²) in [5.41, 5.74) is 3.63. The fourth-order valence-corrected chi connectivity index (χ4v) is 5.51. The van der Waals surface area contributed by atoms with Crippen LogP contribution in [0.5, 0.6) is 5.75 Å². The third-order valence-electron chi connectivity index (χ3n) is 7.00. The van der Waals surface area contributed by atoms with Crippen LogP contribution in [0.4, 0.5) is 0 Å². The Bertz CT molecular complexity index is 1130. The van der Waals surface area contributed by atoms with E-state index in [-0.39, 0.29) is 11.6 Å². The van der Waals surface area contributed by atoms with Crippen molar-refractivity contribution in [2.24, 2.45) is 13.0 Å². The molecule has 0 amide bonds. The summed E-state index contributed by atoms with van der Waals surface area (Å²) in [6.07, 6.45) is 4.10. The van der Waals surface area contributed by atoms with Crippen LogP contribution in [0.3, 0.4) is 0 Å². The topological polar surface area (TPSA) is 52.3 Å². The van der Waals surface area contributed by atoms with Crippen LogP contribution in [-0.4, -0.2) is 39.2 Å². The number of aryl methyl sites for hydroxylation is 2. The number of imidazole rings is 1. The number of nitrogens with zero attached hydrogens (tertiary/aromatic N) is 4. The summed E-state index contributed by atoms with van der Waals surface area (Å²) < 4.78 is 9.60. The van der Waals surface area contributed by atoms with Crippen molar-refractivity contribution in [3.8, 4) is 5.75 Å². The Morgan fingerprint density at radius 1 is 1.16 bits per heavy atom. The van der Waals surface area contributed by atoms with Crippen molar-refractivity contribution >= 4 is 0 Å². The molecule has 2 aliphatic rings. The molecule has 6 heteroatoms. The van der Waals surface area contributed by atoms with Gasteiger partial charge in [-0.15, -0.1) is 0 Å². The Balaban J connectivity index is 1.47. The second-order valence-corrected chi connectivity index (χ2v) is 9.06. The Hall–Kier alpha value is -2.86. The van der Waals surface area contributed by atoms with Crippen LogP contribution in [0.1, 0.15) is 41.2 Å². The maximum absolute atomic E-state index is 12.9. The molecule has 1 aromatic carbocycles. The van der Waals surface area contributed by atoms with E-state index in [1.54, 1.807) is 13.2 Å². The van der Waals surface area contributed by atoms with E-state index in [2.05, 4.69) is 38.4 Å². The molecule has 0 radical (unpaired) electrons. The largest absolute Gasteiger partial charge is 0.497 e. The predicted molar refractivity (Wildman–Crippen MR) is 121 cm³/mol. The van der Waals surface area contributed by atoms with E-state index >= 15 is 0 Å². The van der Waals surface area contributed by atoms with Gasteiger partial charge in [-0.25, -0.2) is 4.98 Å². The zero-order chi connectivity index (χ0) is 21.5. The first-order chi connectivity index (χ1) is 15.0. The first kappa shape index (κ1) is 20.1. The van der Waals surface area contributed by atoms with Crippen LogP contribution in [-0.2, 0) is 20.0 Å². The van der Waals surface area contributed by atoms with Crippen molar-refractivity contribution in [3.63, 3.8) is 0 Å². The number of benzene rings is 1. The third-order valence-corrected chi connectivity index (χ3v) is 7.00. The minimum absolute atomic E-state index is 0.119. The van der Waals surface area contributed by atoms with E-state index in [1.165, 1.54) is 11.3 Å². The number of hydrogen-bond donors (Lipinski definition) is 0. The minimum atomic E-state index is 0.119. The van der Waals surface area contributed by atoms with E-state index in [1.807, 2.05) is 32.2 Å². The predicted octanol–water partition coefficient (Wildman–Crippen LogP) is 3.30. The highest BCUT2D eigenvalue weighted by Crippen LogP contribution is 2.42. The maximum atomic E-state index is 12.9. The molecule has 1 fully saturated rings. The molecule has 5 rings (SSSR count). The van der Waals surface area contributed by atoms with Crippen LogP contribution < -0.4 is 10.3 Å². The average molecular weight is 419 g/mol. The summed E-state index contributed by atoms with van der Waals surface area (Å²) in [5.74, 6) is 2.73. The number of rotatable bonds is 5. The van der Waals surface area contributed by atoms with Gasteiger partial charge in [-0.1, -0.05) is 18.2 Å².